The van der Waals surface area contributed by atoms with E-state index in [1.807, 2.05) is 0 Å². The standard InChI is InChI=1S/C14H28N2O/c1-16-11-5-2-6-13(16)7-10-15-12-14(17)8-3-4-9-14/h13,15,17H,2-12H2,1H3. The molecule has 2 rings (SSSR count). The van der Waals surface area contributed by atoms with Crippen LogP contribution in [0.15, 0.2) is 0 Å². The molecule has 0 bridgehead atoms. The summed E-state index contributed by atoms with van der Waals surface area (Å²) in [6.45, 7) is 3.11. The molecule has 2 N–H and O–H groups in total. The van der Waals surface area contributed by atoms with Gasteiger partial charge in [0.05, 0.1) is 5.60 Å². The Hall–Kier alpha value is -0.120. The summed E-state index contributed by atoms with van der Waals surface area (Å²) in [5, 5.41) is 13.7. The van der Waals surface area contributed by atoms with Gasteiger partial charge in [0.2, 0.25) is 0 Å². The molecule has 1 atom stereocenters. The largest absolute Gasteiger partial charge is 0.389 e. The molecule has 1 heterocycles. The Bertz CT molecular complexity index is 226. The van der Waals surface area contributed by atoms with Crippen LogP contribution in [-0.2, 0) is 0 Å². The molecule has 1 unspecified atom stereocenters. The first-order valence-electron chi connectivity index (χ1n) is 7.33. The van der Waals surface area contributed by atoms with Crippen LogP contribution in [0, 0.1) is 0 Å². The molecule has 0 aromatic carbocycles. The molecular formula is C14H28N2O. The van der Waals surface area contributed by atoms with E-state index in [0.29, 0.717) is 0 Å². The van der Waals surface area contributed by atoms with Crippen LogP contribution in [0.5, 0.6) is 0 Å². The zero-order chi connectivity index (χ0) is 12.1. The summed E-state index contributed by atoms with van der Waals surface area (Å²) in [6.07, 6.45) is 9.70. The first-order valence-corrected chi connectivity index (χ1v) is 7.33. The van der Waals surface area contributed by atoms with E-state index < -0.39 is 5.60 Å². The third-order valence-electron chi connectivity index (χ3n) is 4.56. The lowest BCUT2D eigenvalue weighted by Gasteiger charge is -2.33. The fourth-order valence-electron chi connectivity index (χ4n) is 3.31. The van der Waals surface area contributed by atoms with Gasteiger partial charge in [0.1, 0.15) is 0 Å². The number of hydrogen-bond donors (Lipinski definition) is 2. The van der Waals surface area contributed by atoms with Crippen molar-refractivity contribution in [2.75, 3.05) is 26.7 Å². The van der Waals surface area contributed by atoms with Gasteiger partial charge in [-0.1, -0.05) is 19.3 Å². The molecule has 1 aliphatic heterocycles. The molecule has 100 valence electrons. The van der Waals surface area contributed by atoms with Gasteiger partial charge in [-0.05, 0) is 52.2 Å². The van der Waals surface area contributed by atoms with E-state index in [1.165, 1.54) is 45.1 Å². The van der Waals surface area contributed by atoms with Crippen LogP contribution in [0.2, 0.25) is 0 Å². The fourth-order valence-corrected chi connectivity index (χ4v) is 3.31. The monoisotopic (exact) mass is 240 g/mol. The Morgan fingerprint density at radius 2 is 2.00 bits per heavy atom. The Balaban J connectivity index is 1.59. The lowest BCUT2D eigenvalue weighted by molar-refractivity contribution is 0.0470. The van der Waals surface area contributed by atoms with Crippen LogP contribution in [0.4, 0.5) is 0 Å². The van der Waals surface area contributed by atoms with Gasteiger partial charge < -0.3 is 15.3 Å². The predicted octanol–water partition coefficient (Wildman–Crippen LogP) is 1.76. The second-order valence-electron chi connectivity index (χ2n) is 6.03. The van der Waals surface area contributed by atoms with Crippen LogP contribution in [-0.4, -0.2) is 48.3 Å². The van der Waals surface area contributed by atoms with Crippen LogP contribution < -0.4 is 5.32 Å². The van der Waals surface area contributed by atoms with Crippen molar-refractivity contribution in [3.05, 3.63) is 0 Å². The number of nitrogens with one attached hydrogen (secondary N) is 1. The average molecular weight is 240 g/mol. The van der Waals surface area contributed by atoms with Crippen molar-refractivity contribution in [1.82, 2.24) is 10.2 Å². The van der Waals surface area contributed by atoms with Crippen LogP contribution >= 0.6 is 0 Å². The summed E-state index contributed by atoms with van der Waals surface area (Å²) in [4.78, 5) is 2.50. The average Bonchev–Trinajstić information content (AvgIpc) is 2.74. The highest BCUT2D eigenvalue weighted by Crippen LogP contribution is 2.28. The number of rotatable bonds is 5. The first kappa shape index (κ1) is 13.3. The van der Waals surface area contributed by atoms with Gasteiger partial charge in [0.15, 0.2) is 0 Å². The van der Waals surface area contributed by atoms with E-state index in [1.54, 1.807) is 0 Å². The quantitative estimate of drug-likeness (QED) is 0.719. The van der Waals surface area contributed by atoms with Crippen molar-refractivity contribution in [3.8, 4) is 0 Å². The molecule has 0 radical (unpaired) electrons. The maximum atomic E-state index is 10.2. The number of nitrogens with zero attached hydrogens (tertiary/aromatic N) is 1. The van der Waals surface area contributed by atoms with Crippen molar-refractivity contribution in [3.63, 3.8) is 0 Å². The van der Waals surface area contributed by atoms with Crippen molar-refractivity contribution >= 4 is 0 Å². The van der Waals surface area contributed by atoms with Gasteiger partial charge in [0.25, 0.3) is 0 Å². The molecule has 1 aliphatic carbocycles. The van der Waals surface area contributed by atoms with E-state index in [0.717, 1.165) is 32.0 Å². The summed E-state index contributed by atoms with van der Waals surface area (Å²) in [7, 11) is 2.24. The van der Waals surface area contributed by atoms with Gasteiger partial charge >= 0.3 is 0 Å². The van der Waals surface area contributed by atoms with E-state index >= 15 is 0 Å². The highest BCUT2D eigenvalue weighted by molar-refractivity contribution is 4.86. The van der Waals surface area contributed by atoms with Gasteiger partial charge in [-0.2, -0.15) is 0 Å². The summed E-state index contributed by atoms with van der Waals surface area (Å²) >= 11 is 0. The maximum Gasteiger partial charge on any atom is 0.0771 e. The van der Waals surface area contributed by atoms with E-state index in [9.17, 15) is 5.11 Å². The Morgan fingerprint density at radius 3 is 2.71 bits per heavy atom. The molecular weight excluding hydrogens is 212 g/mol. The zero-order valence-corrected chi connectivity index (χ0v) is 11.2. The van der Waals surface area contributed by atoms with E-state index in [4.69, 9.17) is 0 Å². The van der Waals surface area contributed by atoms with Crippen LogP contribution in [0.25, 0.3) is 0 Å². The summed E-state index contributed by atoms with van der Waals surface area (Å²) < 4.78 is 0. The van der Waals surface area contributed by atoms with Crippen LogP contribution in [0.1, 0.15) is 51.4 Å². The van der Waals surface area contributed by atoms with Gasteiger partial charge in [-0.15, -0.1) is 0 Å². The van der Waals surface area contributed by atoms with Gasteiger partial charge in [-0.25, -0.2) is 0 Å². The maximum absolute atomic E-state index is 10.2. The number of piperidine rings is 1. The van der Waals surface area contributed by atoms with Crippen molar-refractivity contribution < 1.29 is 5.11 Å². The first-order chi connectivity index (χ1) is 8.20. The van der Waals surface area contributed by atoms with Gasteiger partial charge in [0, 0.05) is 12.6 Å². The van der Waals surface area contributed by atoms with Crippen molar-refractivity contribution in [1.29, 1.82) is 0 Å². The highest BCUT2D eigenvalue weighted by Gasteiger charge is 2.30. The minimum atomic E-state index is -0.390. The summed E-state index contributed by atoms with van der Waals surface area (Å²) in [5.41, 5.74) is -0.390. The predicted molar refractivity (Wildman–Crippen MR) is 71.2 cm³/mol. The van der Waals surface area contributed by atoms with E-state index in [2.05, 4.69) is 17.3 Å². The number of hydrogen-bond acceptors (Lipinski definition) is 3. The Morgan fingerprint density at radius 1 is 1.24 bits per heavy atom. The second kappa shape index (κ2) is 6.17. The molecule has 0 amide bonds. The lowest BCUT2D eigenvalue weighted by atomic mass is 9.99. The molecule has 0 aromatic rings. The minimum Gasteiger partial charge on any atom is -0.389 e. The van der Waals surface area contributed by atoms with Crippen LogP contribution in [0.3, 0.4) is 0 Å². The second-order valence-corrected chi connectivity index (χ2v) is 6.03. The van der Waals surface area contributed by atoms with Crippen molar-refractivity contribution in [2.45, 2.75) is 63.0 Å². The molecule has 2 aliphatic rings. The third kappa shape index (κ3) is 3.94. The summed E-state index contributed by atoms with van der Waals surface area (Å²) in [6, 6.07) is 0.759. The number of likely N-dealkylation sites (tertiary alicyclic amines) is 1. The molecule has 1 saturated heterocycles. The zero-order valence-electron chi connectivity index (χ0n) is 11.2. The number of aliphatic hydroxyl groups is 1. The molecule has 0 aromatic heterocycles. The fraction of sp³-hybridized carbons (Fsp3) is 1.00. The molecule has 1 saturated carbocycles. The van der Waals surface area contributed by atoms with Crippen molar-refractivity contribution in [2.24, 2.45) is 0 Å². The topological polar surface area (TPSA) is 35.5 Å². The summed E-state index contributed by atoms with van der Waals surface area (Å²) in [5.74, 6) is 0. The molecule has 3 nitrogen and oxygen atoms in total. The van der Waals surface area contributed by atoms with E-state index in [-0.39, 0.29) is 0 Å². The molecule has 0 spiro atoms. The highest BCUT2D eigenvalue weighted by atomic mass is 16.3. The third-order valence-corrected chi connectivity index (χ3v) is 4.56. The molecule has 3 heteroatoms. The lowest BCUT2D eigenvalue weighted by Crippen LogP contribution is -2.41. The molecule has 17 heavy (non-hydrogen) atoms. The normalized spacial score (nSPS) is 29.6. The Labute approximate surface area is 106 Å². The Kier molecular flexibility index (Phi) is 4.83. The van der Waals surface area contributed by atoms with Gasteiger partial charge in [-0.3, -0.25) is 0 Å². The molecule has 2 fully saturated rings. The minimum absolute atomic E-state index is 0.390. The smallest absolute Gasteiger partial charge is 0.0771 e. The SMILES string of the molecule is CN1CCCCC1CCNCC1(O)CCCC1.